The van der Waals surface area contributed by atoms with Gasteiger partial charge in [-0.25, -0.2) is 0 Å². The summed E-state index contributed by atoms with van der Waals surface area (Å²) in [5.41, 5.74) is 3.01. The highest BCUT2D eigenvalue weighted by atomic mass is 14.9. The van der Waals surface area contributed by atoms with Crippen LogP contribution in [0.15, 0.2) is 24.3 Å². The first-order valence-electron chi connectivity index (χ1n) is 9.06. The van der Waals surface area contributed by atoms with Crippen LogP contribution < -0.4 is 5.32 Å². The van der Waals surface area contributed by atoms with E-state index in [9.17, 15) is 0 Å². The number of benzene rings is 1. The first-order valence-corrected chi connectivity index (χ1v) is 9.06. The minimum absolute atomic E-state index is 0.779. The van der Waals surface area contributed by atoms with Gasteiger partial charge in [-0.15, -0.1) is 0 Å². The van der Waals surface area contributed by atoms with E-state index in [-0.39, 0.29) is 0 Å². The molecule has 0 amide bonds. The van der Waals surface area contributed by atoms with Crippen LogP contribution in [0.3, 0.4) is 0 Å². The summed E-state index contributed by atoms with van der Waals surface area (Å²) in [5, 5.41) is 3.79. The highest BCUT2D eigenvalue weighted by molar-refractivity contribution is 5.26. The third-order valence-electron chi connectivity index (χ3n) is 5.52. The zero-order valence-corrected chi connectivity index (χ0v) is 13.8. The Morgan fingerprint density at radius 3 is 2.71 bits per heavy atom. The molecular formula is C20H31N. The molecule has 2 aliphatic rings. The molecule has 2 aliphatic carbocycles. The van der Waals surface area contributed by atoms with Gasteiger partial charge in [-0.3, -0.25) is 0 Å². The van der Waals surface area contributed by atoms with Crippen LogP contribution >= 0.6 is 0 Å². The second kappa shape index (κ2) is 6.96. The highest BCUT2D eigenvalue weighted by Crippen LogP contribution is 2.42. The van der Waals surface area contributed by atoms with Crippen molar-refractivity contribution in [1.29, 1.82) is 0 Å². The summed E-state index contributed by atoms with van der Waals surface area (Å²) < 4.78 is 0. The third-order valence-corrected chi connectivity index (χ3v) is 5.52. The molecule has 1 nitrogen and oxygen atoms in total. The minimum Gasteiger partial charge on any atom is -0.314 e. The SMILES string of the molecule is CCCC1CCC(CNC2CC2)C(c2cccc(C)c2)C1. The molecule has 0 aromatic heterocycles. The molecule has 1 heteroatoms. The summed E-state index contributed by atoms with van der Waals surface area (Å²) in [5.74, 6) is 2.58. The predicted octanol–water partition coefficient (Wildman–Crippen LogP) is 5.05. The van der Waals surface area contributed by atoms with Crippen molar-refractivity contribution in [3.05, 3.63) is 35.4 Å². The molecule has 0 spiro atoms. The Morgan fingerprint density at radius 1 is 1.14 bits per heavy atom. The molecule has 116 valence electrons. The Balaban J connectivity index is 1.71. The fraction of sp³-hybridized carbons (Fsp3) is 0.700. The lowest BCUT2D eigenvalue weighted by Crippen LogP contribution is -2.33. The van der Waals surface area contributed by atoms with Gasteiger partial charge in [-0.1, -0.05) is 56.0 Å². The van der Waals surface area contributed by atoms with Crippen LogP contribution in [0.4, 0.5) is 0 Å². The second-order valence-electron chi connectivity index (χ2n) is 7.43. The molecular weight excluding hydrogens is 254 g/mol. The van der Waals surface area contributed by atoms with Crippen molar-refractivity contribution in [3.8, 4) is 0 Å². The van der Waals surface area contributed by atoms with Crippen LogP contribution in [0, 0.1) is 18.8 Å². The molecule has 1 aromatic carbocycles. The molecule has 1 N–H and O–H groups in total. The fourth-order valence-electron chi connectivity index (χ4n) is 4.15. The van der Waals surface area contributed by atoms with E-state index < -0.39 is 0 Å². The smallest absolute Gasteiger partial charge is 0.00683 e. The Bertz CT molecular complexity index is 449. The lowest BCUT2D eigenvalue weighted by atomic mass is 9.70. The Morgan fingerprint density at radius 2 is 2.00 bits per heavy atom. The number of hydrogen-bond donors (Lipinski definition) is 1. The van der Waals surface area contributed by atoms with Crippen LogP contribution in [0.1, 0.15) is 68.9 Å². The third kappa shape index (κ3) is 4.10. The molecule has 3 atom stereocenters. The van der Waals surface area contributed by atoms with Gasteiger partial charge in [0.2, 0.25) is 0 Å². The van der Waals surface area contributed by atoms with E-state index in [1.54, 1.807) is 5.56 Å². The van der Waals surface area contributed by atoms with E-state index in [2.05, 4.69) is 43.4 Å². The number of nitrogens with one attached hydrogen (secondary N) is 1. The molecule has 3 unspecified atom stereocenters. The topological polar surface area (TPSA) is 12.0 Å². The summed E-state index contributed by atoms with van der Waals surface area (Å²) in [7, 11) is 0. The zero-order chi connectivity index (χ0) is 14.7. The summed E-state index contributed by atoms with van der Waals surface area (Å²) in [6.45, 7) is 5.80. The van der Waals surface area contributed by atoms with Gasteiger partial charge >= 0.3 is 0 Å². The average Bonchev–Trinajstić information content (AvgIpc) is 3.30. The van der Waals surface area contributed by atoms with E-state index in [0.717, 1.165) is 23.8 Å². The van der Waals surface area contributed by atoms with Gasteiger partial charge in [0.05, 0.1) is 0 Å². The first kappa shape index (κ1) is 15.1. The van der Waals surface area contributed by atoms with Crippen LogP contribution in [0.25, 0.3) is 0 Å². The van der Waals surface area contributed by atoms with Gasteiger partial charge in [0.25, 0.3) is 0 Å². The Labute approximate surface area is 130 Å². The molecule has 0 saturated heterocycles. The Kier molecular flexibility index (Phi) is 5.00. The van der Waals surface area contributed by atoms with Gasteiger partial charge in [-0.2, -0.15) is 0 Å². The molecule has 2 fully saturated rings. The zero-order valence-electron chi connectivity index (χ0n) is 13.8. The predicted molar refractivity (Wildman–Crippen MR) is 90.7 cm³/mol. The quantitative estimate of drug-likeness (QED) is 0.771. The van der Waals surface area contributed by atoms with E-state index in [1.165, 1.54) is 57.1 Å². The maximum atomic E-state index is 3.79. The lowest BCUT2D eigenvalue weighted by molar-refractivity contribution is 0.220. The van der Waals surface area contributed by atoms with Crippen molar-refractivity contribution in [2.45, 2.75) is 70.8 Å². The molecule has 1 aromatic rings. The monoisotopic (exact) mass is 285 g/mol. The average molecular weight is 285 g/mol. The van der Waals surface area contributed by atoms with E-state index in [0.29, 0.717) is 0 Å². The van der Waals surface area contributed by atoms with Gasteiger partial charge in [0, 0.05) is 6.04 Å². The highest BCUT2D eigenvalue weighted by Gasteiger charge is 2.32. The second-order valence-corrected chi connectivity index (χ2v) is 7.43. The summed E-state index contributed by atoms with van der Waals surface area (Å²) >= 11 is 0. The maximum Gasteiger partial charge on any atom is 0.00683 e. The van der Waals surface area contributed by atoms with Crippen LogP contribution in [0.5, 0.6) is 0 Å². The van der Waals surface area contributed by atoms with Crippen LogP contribution in [-0.4, -0.2) is 12.6 Å². The van der Waals surface area contributed by atoms with Crippen molar-refractivity contribution < 1.29 is 0 Å². The van der Waals surface area contributed by atoms with Gasteiger partial charge < -0.3 is 5.32 Å². The number of hydrogen-bond acceptors (Lipinski definition) is 1. The van der Waals surface area contributed by atoms with Crippen molar-refractivity contribution in [2.24, 2.45) is 11.8 Å². The van der Waals surface area contributed by atoms with E-state index in [4.69, 9.17) is 0 Å². The van der Waals surface area contributed by atoms with Crippen LogP contribution in [-0.2, 0) is 0 Å². The summed E-state index contributed by atoms with van der Waals surface area (Å²) in [6, 6.07) is 10.1. The van der Waals surface area contributed by atoms with Crippen molar-refractivity contribution >= 4 is 0 Å². The number of rotatable bonds is 6. The first-order chi connectivity index (χ1) is 10.3. The van der Waals surface area contributed by atoms with E-state index in [1.807, 2.05) is 0 Å². The maximum absolute atomic E-state index is 3.79. The van der Waals surface area contributed by atoms with Gasteiger partial charge in [0.1, 0.15) is 0 Å². The normalized spacial score (nSPS) is 29.5. The minimum atomic E-state index is 0.779. The van der Waals surface area contributed by atoms with E-state index >= 15 is 0 Å². The molecule has 0 bridgehead atoms. The van der Waals surface area contributed by atoms with Crippen molar-refractivity contribution in [1.82, 2.24) is 5.32 Å². The van der Waals surface area contributed by atoms with Crippen molar-refractivity contribution in [2.75, 3.05) is 6.54 Å². The van der Waals surface area contributed by atoms with Crippen molar-refractivity contribution in [3.63, 3.8) is 0 Å². The molecule has 3 rings (SSSR count). The number of aryl methyl sites for hydroxylation is 1. The fourth-order valence-corrected chi connectivity index (χ4v) is 4.15. The summed E-state index contributed by atoms with van der Waals surface area (Å²) in [4.78, 5) is 0. The largest absolute Gasteiger partial charge is 0.314 e. The lowest BCUT2D eigenvalue weighted by Gasteiger charge is -2.37. The van der Waals surface area contributed by atoms with Gasteiger partial charge in [0.15, 0.2) is 0 Å². The standard InChI is InChI=1S/C20H31N/c1-3-5-16-8-9-18(14-21-19-10-11-19)20(13-16)17-7-4-6-15(2)12-17/h4,6-7,12,16,18-21H,3,5,8-11,13-14H2,1-2H3. The molecule has 21 heavy (non-hydrogen) atoms. The van der Waals surface area contributed by atoms with Gasteiger partial charge in [-0.05, 0) is 62.5 Å². The molecule has 0 heterocycles. The molecule has 2 saturated carbocycles. The Hall–Kier alpha value is -0.820. The molecule has 0 radical (unpaired) electrons. The summed E-state index contributed by atoms with van der Waals surface area (Å²) in [6.07, 6.45) is 9.85. The van der Waals surface area contributed by atoms with Crippen LogP contribution in [0.2, 0.25) is 0 Å². The molecule has 0 aliphatic heterocycles.